The highest BCUT2D eigenvalue weighted by atomic mass is 19.3. The summed E-state index contributed by atoms with van der Waals surface area (Å²) in [5, 5.41) is 0. The Labute approximate surface area is 108 Å². The molecular weight excluding hydrogens is 252 g/mol. The topological polar surface area (TPSA) is 33.5 Å². The van der Waals surface area contributed by atoms with Crippen LogP contribution in [0.15, 0.2) is 53.1 Å². The van der Waals surface area contributed by atoms with Crippen molar-refractivity contribution in [2.75, 3.05) is 0 Å². The Morgan fingerprint density at radius 2 is 1.89 bits per heavy atom. The zero-order chi connectivity index (χ0) is 13.5. The summed E-state index contributed by atoms with van der Waals surface area (Å²) in [5.41, 5.74) is 0.808. The van der Waals surface area contributed by atoms with Gasteiger partial charge in [-0.15, -0.1) is 0 Å². The number of alkyl halides is 2. The number of hydrogen-bond donors (Lipinski definition) is 0. The molecule has 1 aromatic heterocycles. The van der Waals surface area contributed by atoms with Gasteiger partial charge in [0.05, 0.1) is 6.26 Å². The van der Waals surface area contributed by atoms with E-state index < -0.39 is 17.9 Å². The number of benzene rings is 1. The van der Waals surface area contributed by atoms with Crippen molar-refractivity contribution in [1.82, 2.24) is 4.90 Å². The molecule has 0 spiro atoms. The molecule has 1 amide bonds. The van der Waals surface area contributed by atoms with Crippen LogP contribution < -0.4 is 0 Å². The Balaban J connectivity index is 1.87. The number of likely N-dealkylation sites (tertiary alicyclic amines) is 1. The molecule has 0 saturated carbocycles. The van der Waals surface area contributed by atoms with E-state index in [0.717, 1.165) is 10.5 Å². The molecule has 1 saturated heterocycles. The highest BCUT2D eigenvalue weighted by molar-refractivity contribution is 5.91. The van der Waals surface area contributed by atoms with Crippen LogP contribution in [0.25, 0.3) is 0 Å². The van der Waals surface area contributed by atoms with Gasteiger partial charge in [0, 0.05) is 6.54 Å². The molecular formula is C14H11F2NO2. The monoisotopic (exact) mass is 263 g/mol. The standard InChI is InChI=1S/C14H11F2NO2/c15-14(16)12(11-7-4-8-19-11)17(13(14)18)9-10-5-2-1-3-6-10/h1-8,12H,9H2. The molecule has 1 unspecified atom stereocenters. The van der Waals surface area contributed by atoms with Gasteiger partial charge in [0.25, 0.3) is 5.91 Å². The third-order valence-corrected chi connectivity index (χ3v) is 3.21. The van der Waals surface area contributed by atoms with Gasteiger partial charge >= 0.3 is 5.92 Å². The first kappa shape index (κ1) is 11.9. The molecule has 1 atom stereocenters. The van der Waals surface area contributed by atoms with E-state index >= 15 is 0 Å². The lowest BCUT2D eigenvalue weighted by Crippen LogP contribution is -2.63. The molecule has 3 nitrogen and oxygen atoms in total. The van der Waals surface area contributed by atoms with Crippen molar-refractivity contribution in [3.8, 4) is 0 Å². The van der Waals surface area contributed by atoms with Gasteiger partial charge in [-0.05, 0) is 17.7 Å². The second-order valence-corrected chi connectivity index (χ2v) is 4.46. The molecule has 0 bridgehead atoms. The van der Waals surface area contributed by atoms with Gasteiger partial charge in [0.15, 0.2) is 6.04 Å². The molecule has 1 fully saturated rings. The van der Waals surface area contributed by atoms with Crippen molar-refractivity contribution in [3.05, 3.63) is 60.1 Å². The van der Waals surface area contributed by atoms with Crippen molar-refractivity contribution < 1.29 is 18.0 Å². The summed E-state index contributed by atoms with van der Waals surface area (Å²) in [5.74, 6) is -4.43. The van der Waals surface area contributed by atoms with Crippen LogP contribution in [-0.2, 0) is 11.3 Å². The summed E-state index contributed by atoms with van der Waals surface area (Å²) in [6.45, 7) is 0.153. The second kappa shape index (κ2) is 4.19. The van der Waals surface area contributed by atoms with Gasteiger partial charge < -0.3 is 9.32 Å². The Morgan fingerprint density at radius 3 is 2.53 bits per heavy atom. The Bertz CT molecular complexity index is 581. The third kappa shape index (κ3) is 1.82. The largest absolute Gasteiger partial charge is 0.467 e. The van der Waals surface area contributed by atoms with Crippen molar-refractivity contribution >= 4 is 5.91 Å². The third-order valence-electron chi connectivity index (χ3n) is 3.21. The number of nitrogens with zero attached hydrogens (tertiary/aromatic N) is 1. The lowest BCUT2D eigenvalue weighted by atomic mass is 9.93. The van der Waals surface area contributed by atoms with Crippen LogP contribution in [0.4, 0.5) is 8.78 Å². The fraction of sp³-hybridized carbons (Fsp3) is 0.214. The molecule has 1 aromatic carbocycles. The number of halogens is 2. The predicted molar refractivity (Wildman–Crippen MR) is 63.4 cm³/mol. The molecule has 2 heterocycles. The number of furan rings is 1. The molecule has 2 aromatic rings. The first-order valence-electron chi connectivity index (χ1n) is 5.87. The van der Waals surface area contributed by atoms with Crippen molar-refractivity contribution in [1.29, 1.82) is 0 Å². The molecule has 5 heteroatoms. The summed E-state index contributed by atoms with van der Waals surface area (Å²) in [6.07, 6.45) is 1.33. The summed E-state index contributed by atoms with van der Waals surface area (Å²) >= 11 is 0. The van der Waals surface area contributed by atoms with Crippen molar-refractivity contribution in [2.45, 2.75) is 18.5 Å². The molecule has 0 aliphatic carbocycles. The maximum atomic E-state index is 13.7. The number of carbonyl (C=O) groups excluding carboxylic acids is 1. The van der Waals surface area contributed by atoms with Crippen molar-refractivity contribution in [2.24, 2.45) is 0 Å². The van der Waals surface area contributed by atoms with Gasteiger partial charge in [0.1, 0.15) is 5.76 Å². The minimum atomic E-state index is -3.38. The van der Waals surface area contributed by atoms with E-state index in [1.54, 1.807) is 24.3 Å². The lowest BCUT2D eigenvalue weighted by Gasteiger charge is -2.45. The van der Waals surface area contributed by atoms with Crippen LogP contribution in [0.3, 0.4) is 0 Å². The van der Waals surface area contributed by atoms with Gasteiger partial charge in [-0.25, -0.2) is 0 Å². The fourth-order valence-corrected chi connectivity index (χ4v) is 2.28. The first-order chi connectivity index (χ1) is 9.10. The van der Waals surface area contributed by atoms with E-state index in [1.165, 1.54) is 18.4 Å². The van der Waals surface area contributed by atoms with E-state index in [0.29, 0.717) is 0 Å². The lowest BCUT2D eigenvalue weighted by molar-refractivity contribution is -0.210. The van der Waals surface area contributed by atoms with Gasteiger partial charge in [-0.2, -0.15) is 8.78 Å². The van der Waals surface area contributed by atoms with Gasteiger partial charge in [-0.1, -0.05) is 30.3 Å². The smallest absolute Gasteiger partial charge is 0.351 e. The molecule has 1 aliphatic rings. The number of hydrogen-bond acceptors (Lipinski definition) is 2. The SMILES string of the molecule is O=C1N(Cc2ccccc2)C(c2ccco2)C1(F)F. The summed E-state index contributed by atoms with van der Waals surface area (Å²) in [4.78, 5) is 12.7. The van der Waals surface area contributed by atoms with Gasteiger partial charge in [0.2, 0.25) is 0 Å². The molecule has 1 aliphatic heterocycles. The summed E-state index contributed by atoms with van der Waals surface area (Å²) in [7, 11) is 0. The summed E-state index contributed by atoms with van der Waals surface area (Å²) < 4.78 is 32.3. The fourth-order valence-electron chi connectivity index (χ4n) is 2.28. The van der Waals surface area contributed by atoms with Crippen LogP contribution in [0, 0.1) is 0 Å². The van der Waals surface area contributed by atoms with Crippen LogP contribution >= 0.6 is 0 Å². The zero-order valence-corrected chi connectivity index (χ0v) is 9.92. The highest BCUT2D eigenvalue weighted by Gasteiger charge is 2.65. The Morgan fingerprint density at radius 1 is 1.16 bits per heavy atom. The van der Waals surface area contributed by atoms with E-state index in [2.05, 4.69) is 0 Å². The average Bonchev–Trinajstić information content (AvgIpc) is 2.92. The summed E-state index contributed by atoms with van der Waals surface area (Å²) in [6, 6.07) is 10.7. The van der Waals surface area contributed by atoms with Gasteiger partial charge in [-0.3, -0.25) is 4.79 Å². The first-order valence-corrected chi connectivity index (χ1v) is 5.87. The highest BCUT2D eigenvalue weighted by Crippen LogP contribution is 2.48. The average molecular weight is 263 g/mol. The molecule has 3 rings (SSSR count). The maximum absolute atomic E-state index is 13.7. The number of carbonyl (C=O) groups is 1. The van der Waals surface area contributed by atoms with E-state index in [1.807, 2.05) is 6.07 Å². The van der Waals surface area contributed by atoms with Crippen LogP contribution in [-0.4, -0.2) is 16.7 Å². The minimum Gasteiger partial charge on any atom is -0.467 e. The normalized spacial score (nSPS) is 21.3. The minimum absolute atomic E-state index is 0.112. The van der Waals surface area contributed by atoms with E-state index in [-0.39, 0.29) is 12.3 Å². The quantitative estimate of drug-likeness (QED) is 0.798. The van der Waals surface area contributed by atoms with Crippen LogP contribution in [0.2, 0.25) is 0 Å². The second-order valence-electron chi connectivity index (χ2n) is 4.46. The molecule has 0 N–H and O–H groups in total. The number of amides is 1. The Hall–Kier alpha value is -2.17. The molecule has 0 radical (unpaired) electrons. The molecule has 19 heavy (non-hydrogen) atoms. The van der Waals surface area contributed by atoms with Crippen molar-refractivity contribution in [3.63, 3.8) is 0 Å². The predicted octanol–water partition coefficient (Wildman–Crippen LogP) is 3.00. The van der Waals surface area contributed by atoms with Crippen LogP contribution in [0.5, 0.6) is 0 Å². The maximum Gasteiger partial charge on any atom is 0.351 e. The Kier molecular flexibility index (Phi) is 2.62. The zero-order valence-electron chi connectivity index (χ0n) is 9.92. The molecule has 98 valence electrons. The number of β-lactam (4-membered cyclic amide) rings is 1. The van der Waals surface area contributed by atoms with E-state index in [9.17, 15) is 13.6 Å². The number of rotatable bonds is 3. The van der Waals surface area contributed by atoms with E-state index in [4.69, 9.17) is 4.42 Å². The van der Waals surface area contributed by atoms with Crippen LogP contribution in [0.1, 0.15) is 17.4 Å².